The minimum absolute atomic E-state index is 0.583. The maximum atomic E-state index is 6.71. The minimum atomic E-state index is 0.583. The molecule has 0 spiro atoms. The highest BCUT2D eigenvalue weighted by Gasteiger charge is 2.22. The van der Waals surface area contributed by atoms with E-state index in [0.29, 0.717) is 11.4 Å². The molecule has 0 radical (unpaired) electrons. The zero-order valence-corrected chi connectivity index (χ0v) is 30.6. The van der Waals surface area contributed by atoms with Crippen molar-refractivity contribution in [3.8, 4) is 50.6 Å². The van der Waals surface area contributed by atoms with Gasteiger partial charge in [-0.3, -0.25) is 0 Å². The molecule has 0 fully saturated rings. The molecule has 5 nitrogen and oxygen atoms in total. The summed E-state index contributed by atoms with van der Waals surface area (Å²) in [5.41, 5.74) is 14.3. The standard InChI is InChI=1S/C52H31N3O2/c1-4-13-32(14-5-1)34-24-28-47-43(31-34)49-51(57-47)48(33-15-6-2-7-16-33)53-52(54-49)40-21-12-20-39-42-30-36(25-27-46(42)56-50(39)40)35-23-26-45-41(29-35)38-19-10-11-22-44(38)55(45)37-17-8-3-9-18-37/h1-31H. The van der Waals surface area contributed by atoms with Gasteiger partial charge in [-0.15, -0.1) is 0 Å². The number of nitrogens with zero attached hydrogens (tertiary/aromatic N) is 3. The number of hydrogen-bond acceptors (Lipinski definition) is 4. The second-order valence-electron chi connectivity index (χ2n) is 14.5. The molecular formula is C52H31N3O2. The van der Waals surface area contributed by atoms with E-state index < -0.39 is 0 Å². The molecule has 0 amide bonds. The van der Waals surface area contributed by atoms with E-state index in [-0.39, 0.29) is 0 Å². The van der Waals surface area contributed by atoms with Crippen LogP contribution in [0.3, 0.4) is 0 Å². The number of hydrogen-bond donors (Lipinski definition) is 0. The molecule has 0 unspecified atom stereocenters. The predicted octanol–water partition coefficient (Wildman–Crippen LogP) is 14.0. The van der Waals surface area contributed by atoms with Gasteiger partial charge in [0.25, 0.3) is 0 Å². The van der Waals surface area contributed by atoms with Gasteiger partial charge in [0, 0.05) is 38.2 Å². The Morgan fingerprint density at radius 1 is 0.368 bits per heavy atom. The lowest BCUT2D eigenvalue weighted by molar-refractivity contribution is 0.666. The van der Waals surface area contributed by atoms with Crippen LogP contribution in [-0.4, -0.2) is 14.5 Å². The third-order valence-corrected chi connectivity index (χ3v) is 11.2. The van der Waals surface area contributed by atoms with Gasteiger partial charge in [0.2, 0.25) is 0 Å². The van der Waals surface area contributed by atoms with Crippen molar-refractivity contribution in [2.24, 2.45) is 0 Å². The Kier molecular flexibility index (Phi) is 6.86. The molecule has 266 valence electrons. The van der Waals surface area contributed by atoms with E-state index in [1.807, 2.05) is 30.3 Å². The van der Waals surface area contributed by atoms with Gasteiger partial charge in [-0.25, -0.2) is 9.97 Å². The Balaban J connectivity index is 1.03. The summed E-state index contributed by atoms with van der Waals surface area (Å²) in [7, 11) is 0. The summed E-state index contributed by atoms with van der Waals surface area (Å²) in [6, 6.07) is 65.6. The van der Waals surface area contributed by atoms with Gasteiger partial charge in [0.05, 0.1) is 16.6 Å². The first-order chi connectivity index (χ1) is 28.2. The maximum Gasteiger partial charge on any atom is 0.180 e. The van der Waals surface area contributed by atoms with E-state index in [9.17, 15) is 0 Å². The monoisotopic (exact) mass is 729 g/mol. The molecule has 0 aliphatic heterocycles. The van der Waals surface area contributed by atoms with Crippen molar-refractivity contribution in [1.29, 1.82) is 0 Å². The molecule has 0 atom stereocenters. The number of para-hydroxylation sites is 3. The fraction of sp³-hybridized carbons (Fsp3) is 0. The normalized spacial score (nSPS) is 11.9. The molecule has 0 saturated carbocycles. The lowest BCUT2D eigenvalue weighted by Gasteiger charge is -2.08. The first-order valence-corrected chi connectivity index (χ1v) is 19.1. The first-order valence-electron chi connectivity index (χ1n) is 19.1. The largest absolute Gasteiger partial charge is 0.455 e. The lowest BCUT2D eigenvalue weighted by atomic mass is 10.00. The minimum Gasteiger partial charge on any atom is -0.455 e. The van der Waals surface area contributed by atoms with Gasteiger partial charge in [-0.05, 0) is 82.9 Å². The number of rotatable bonds is 5. The van der Waals surface area contributed by atoms with Crippen LogP contribution in [-0.2, 0) is 0 Å². The summed E-state index contributed by atoms with van der Waals surface area (Å²) in [5.74, 6) is 0.583. The van der Waals surface area contributed by atoms with Gasteiger partial charge in [-0.2, -0.15) is 0 Å². The van der Waals surface area contributed by atoms with Crippen LogP contribution in [0, 0.1) is 0 Å². The van der Waals surface area contributed by atoms with Crippen molar-refractivity contribution in [2.45, 2.75) is 0 Å². The highest BCUT2D eigenvalue weighted by Crippen LogP contribution is 2.42. The second kappa shape index (κ2) is 12.4. The van der Waals surface area contributed by atoms with Crippen LogP contribution in [0.4, 0.5) is 0 Å². The van der Waals surface area contributed by atoms with Crippen LogP contribution < -0.4 is 0 Å². The predicted molar refractivity (Wildman–Crippen MR) is 233 cm³/mol. The van der Waals surface area contributed by atoms with Gasteiger partial charge in [0.1, 0.15) is 28.0 Å². The van der Waals surface area contributed by atoms with Crippen molar-refractivity contribution in [3.05, 3.63) is 188 Å². The highest BCUT2D eigenvalue weighted by molar-refractivity contribution is 6.13. The SMILES string of the molecule is c1ccc(-c2ccc3oc4c(-c5ccccc5)nc(-c5cccc6c5oc5ccc(-c7ccc8c(c7)c7ccccc7n8-c7ccccc7)cc56)nc4c3c2)cc1. The number of aromatic nitrogens is 3. The van der Waals surface area contributed by atoms with Crippen LogP contribution >= 0.6 is 0 Å². The summed E-state index contributed by atoms with van der Waals surface area (Å²) in [6.07, 6.45) is 0. The molecule has 4 aromatic heterocycles. The third-order valence-electron chi connectivity index (χ3n) is 11.2. The molecule has 12 aromatic rings. The molecule has 57 heavy (non-hydrogen) atoms. The molecule has 0 saturated heterocycles. The van der Waals surface area contributed by atoms with E-state index >= 15 is 0 Å². The zero-order valence-electron chi connectivity index (χ0n) is 30.6. The molecule has 0 aliphatic carbocycles. The third kappa shape index (κ3) is 4.96. The van der Waals surface area contributed by atoms with Crippen molar-refractivity contribution >= 4 is 65.8 Å². The highest BCUT2D eigenvalue weighted by atomic mass is 16.3. The topological polar surface area (TPSA) is 57.0 Å². The van der Waals surface area contributed by atoms with E-state index in [4.69, 9.17) is 18.8 Å². The van der Waals surface area contributed by atoms with Crippen molar-refractivity contribution in [3.63, 3.8) is 0 Å². The zero-order chi connectivity index (χ0) is 37.5. The summed E-state index contributed by atoms with van der Waals surface area (Å²) in [6.45, 7) is 0. The van der Waals surface area contributed by atoms with E-state index in [2.05, 4.69) is 162 Å². The molecule has 0 aliphatic rings. The average molecular weight is 730 g/mol. The molecule has 4 heterocycles. The van der Waals surface area contributed by atoms with Crippen LogP contribution in [0.1, 0.15) is 0 Å². The Morgan fingerprint density at radius 3 is 1.74 bits per heavy atom. The first kappa shape index (κ1) is 31.6. The maximum absolute atomic E-state index is 6.71. The molecule has 8 aromatic carbocycles. The number of furan rings is 2. The fourth-order valence-corrected chi connectivity index (χ4v) is 8.53. The Bertz CT molecular complexity index is 3510. The summed E-state index contributed by atoms with van der Waals surface area (Å²) in [5, 5.41) is 5.45. The van der Waals surface area contributed by atoms with E-state index in [1.54, 1.807) is 0 Å². The Labute approximate surface area is 326 Å². The van der Waals surface area contributed by atoms with Crippen LogP contribution in [0.2, 0.25) is 0 Å². The smallest absolute Gasteiger partial charge is 0.180 e. The van der Waals surface area contributed by atoms with Crippen molar-refractivity contribution in [2.75, 3.05) is 0 Å². The summed E-state index contributed by atoms with van der Waals surface area (Å²) >= 11 is 0. The van der Waals surface area contributed by atoms with E-state index in [1.165, 1.54) is 21.8 Å². The summed E-state index contributed by atoms with van der Waals surface area (Å²) in [4.78, 5) is 10.5. The summed E-state index contributed by atoms with van der Waals surface area (Å²) < 4.78 is 15.6. The Hall–Kier alpha value is -7.76. The number of benzene rings is 8. The van der Waals surface area contributed by atoms with Crippen LogP contribution in [0.5, 0.6) is 0 Å². The fourth-order valence-electron chi connectivity index (χ4n) is 8.53. The molecule has 0 bridgehead atoms. The average Bonchev–Trinajstić information content (AvgIpc) is 3.96. The van der Waals surface area contributed by atoms with Crippen molar-refractivity contribution < 1.29 is 8.83 Å². The van der Waals surface area contributed by atoms with Crippen molar-refractivity contribution in [1.82, 2.24) is 14.5 Å². The van der Waals surface area contributed by atoms with Crippen LogP contribution in [0.15, 0.2) is 197 Å². The number of fused-ring (bicyclic) bond motifs is 9. The van der Waals surface area contributed by atoms with Gasteiger partial charge in [0.15, 0.2) is 11.4 Å². The van der Waals surface area contributed by atoms with Gasteiger partial charge >= 0.3 is 0 Å². The quantitative estimate of drug-likeness (QED) is 0.177. The lowest BCUT2D eigenvalue weighted by Crippen LogP contribution is -1.94. The molecular weight excluding hydrogens is 699 g/mol. The molecule has 12 rings (SSSR count). The van der Waals surface area contributed by atoms with Gasteiger partial charge < -0.3 is 13.4 Å². The van der Waals surface area contributed by atoms with E-state index in [0.717, 1.165) is 83.2 Å². The second-order valence-corrected chi connectivity index (χ2v) is 14.5. The Morgan fingerprint density at radius 2 is 0.947 bits per heavy atom. The van der Waals surface area contributed by atoms with Gasteiger partial charge in [-0.1, -0.05) is 127 Å². The molecule has 5 heteroatoms. The molecule has 0 N–H and O–H groups in total. The van der Waals surface area contributed by atoms with Crippen LogP contribution in [0.25, 0.3) is 116 Å².